The summed E-state index contributed by atoms with van der Waals surface area (Å²) in [5, 5.41) is 0.458. The van der Waals surface area contributed by atoms with E-state index >= 15 is 0 Å². The van der Waals surface area contributed by atoms with Crippen LogP contribution in [0.2, 0.25) is 5.15 Å². The summed E-state index contributed by atoms with van der Waals surface area (Å²) in [6, 6.07) is 13.9. The molecule has 1 aromatic carbocycles. The zero-order valence-corrected chi connectivity index (χ0v) is 14.1. The molecule has 2 heterocycles. The SMILES string of the molecule is Cc1ccc(-c2nc(Cl)c(I)c(-c3ccccc3)n2)cn1. The number of aryl methyl sites for hydroxylation is 1. The minimum absolute atomic E-state index is 0.458. The predicted molar refractivity (Wildman–Crippen MR) is 93.2 cm³/mol. The van der Waals surface area contributed by atoms with Crippen LogP contribution in [0.5, 0.6) is 0 Å². The molecule has 21 heavy (non-hydrogen) atoms. The Morgan fingerprint density at radius 3 is 2.38 bits per heavy atom. The van der Waals surface area contributed by atoms with Gasteiger partial charge in [-0.1, -0.05) is 41.9 Å². The van der Waals surface area contributed by atoms with Crippen LogP contribution < -0.4 is 0 Å². The van der Waals surface area contributed by atoms with Crippen LogP contribution in [0.15, 0.2) is 48.7 Å². The largest absolute Gasteiger partial charge is 0.261 e. The zero-order valence-electron chi connectivity index (χ0n) is 11.2. The van der Waals surface area contributed by atoms with Gasteiger partial charge in [0.25, 0.3) is 0 Å². The Hall–Kier alpha value is -1.53. The Labute approximate surface area is 141 Å². The standard InChI is InChI=1S/C16H11ClIN3/c1-10-7-8-12(9-19-10)16-20-14(13(18)15(17)21-16)11-5-3-2-4-6-11/h2-9H,1H3. The van der Waals surface area contributed by atoms with Crippen molar-refractivity contribution in [3.8, 4) is 22.6 Å². The molecule has 0 unspecified atom stereocenters. The topological polar surface area (TPSA) is 38.7 Å². The first kappa shape index (κ1) is 14.4. The Bertz CT molecular complexity index is 774. The van der Waals surface area contributed by atoms with Crippen LogP contribution in [0.4, 0.5) is 0 Å². The lowest BCUT2D eigenvalue weighted by atomic mass is 10.1. The van der Waals surface area contributed by atoms with Crippen molar-refractivity contribution in [2.24, 2.45) is 0 Å². The molecular weight excluding hydrogens is 397 g/mol. The summed E-state index contributed by atoms with van der Waals surface area (Å²) in [7, 11) is 0. The summed E-state index contributed by atoms with van der Waals surface area (Å²) in [6.45, 7) is 1.95. The number of rotatable bonds is 2. The highest BCUT2D eigenvalue weighted by Gasteiger charge is 2.13. The van der Waals surface area contributed by atoms with E-state index in [1.165, 1.54) is 0 Å². The second-order valence-corrected chi connectivity index (χ2v) is 5.99. The summed E-state index contributed by atoms with van der Waals surface area (Å²) < 4.78 is 0.851. The summed E-state index contributed by atoms with van der Waals surface area (Å²) in [4.78, 5) is 13.3. The third kappa shape index (κ3) is 3.06. The highest BCUT2D eigenvalue weighted by molar-refractivity contribution is 14.1. The second kappa shape index (κ2) is 6.07. The van der Waals surface area contributed by atoms with Crippen molar-refractivity contribution in [1.29, 1.82) is 0 Å². The summed E-state index contributed by atoms with van der Waals surface area (Å²) in [5.74, 6) is 0.590. The molecule has 5 heteroatoms. The molecule has 0 spiro atoms. The van der Waals surface area contributed by atoms with Crippen LogP contribution in [-0.4, -0.2) is 15.0 Å². The van der Waals surface area contributed by atoms with Gasteiger partial charge in [-0.25, -0.2) is 9.97 Å². The molecule has 3 nitrogen and oxygen atoms in total. The molecule has 0 aliphatic rings. The average molecular weight is 408 g/mol. The van der Waals surface area contributed by atoms with E-state index in [-0.39, 0.29) is 0 Å². The fraction of sp³-hybridized carbons (Fsp3) is 0.0625. The lowest BCUT2D eigenvalue weighted by Gasteiger charge is -2.08. The molecule has 3 aromatic rings. The van der Waals surface area contributed by atoms with Crippen molar-refractivity contribution in [1.82, 2.24) is 15.0 Å². The maximum atomic E-state index is 6.27. The van der Waals surface area contributed by atoms with Gasteiger partial charge in [0.1, 0.15) is 5.15 Å². The smallest absolute Gasteiger partial charge is 0.163 e. The molecule has 104 valence electrons. The lowest BCUT2D eigenvalue weighted by molar-refractivity contribution is 1.14. The fourth-order valence-electron chi connectivity index (χ4n) is 1.94. The van der Waals surface area contributed by atoms with E-state index in [0.717, 1.165) is 26.1 Å². The number of hydrogen-bond donors (Lipinski definition) is 0. The van der Waals surface area contributed by atoms with Crippen molar-refractivity contribution in [3.05, 3.63) is 63.1 Å². The van der Waals surface area contributed by atoms with Crippen LogP contribution in [-0.2, 0) is 0 Å². The molecule has 0 N–H and O–H groups in total. The average Bonchev–Trinajstić information content (AvgIpc) is 2.51. The Kier molecular flexibility index (Phi) is 4.17. The third-order valence-corrected chi connectivity index (χ3v) is 4.64. The number of hydrogen-bond acceptors (Lipinski definition) is 3. The molecule has 2 aromatic heterocycles. The molecular formula is C16H11ClIN3. The van der Waals surface area contributed by atoms with E-state index in [9.17, 15) is 0 Å². The first-order valence-corrected chi connectivity index (χ1v) is 7.82. The van der Waals surface area contributed by atoms with Gasteiger partial charge in [-0.05, 0) is 41.6 Å². The molecule has 0 bridgehead atoms. The molecule has 0 amide bonds. The Morgan fingerprint density at radius 1 is 0.952 bits per heavy atom. The van der Waals surface area contributed by atoms with Gasteiger partial charge in [0.2, 0.25) is 0 Å². The van der Waals surface area contributed by atoms with Gasteiger partial charge in [0.05, 0.1) is 9.26 Å². The van der Waals surface area contributed by atoms with Crippen LogP contribution in [0.1, 0.15) is 5.69 Å². The fourth-order valence-corrected chi connectivity index (χ4v) is 2.66. The van der Waals surface area contributed by atoms with Crippen molar-refractivity contribution < 1.29 is 0 Å². The molecule has 0 saturated heterocycles. The van der Waals surface area contributed by atoms with E-state index in [0.29, 0.717) is 11.0 Å². The van der Waals surface area contributed by atoms with Gasteiger partial charge in [0, 0.05) is 23.0 Å². The van der Waals surface area contributed by atoms with E-state index in [1.807, 2.05) is 49.4 Å². The van der Waals surface area contributed by atoms with Gasteiger partial charge in [-0.3, -0.25) is 4.98 Å². The first-order valence-electron chi connectivity index (χ1n) is 6.36. The van der Waals surface area contributed by atoms with Crippen molar-refractivity contribution in [3.63, 3.8) is 0 Å². The van der Waals surface area contributed by atoms with E-state index in [2.05, 4.69) is 37.5 Å². The highest BCUT2D eigenvalue weighted by Crippen LogP contribution is 2.30. The number of aromatic nitrogens is 3. The minimum atomic E-state index is 0.458. The molecule has 0 aliphatic heterocycles. The van der Waals surface area contributed by atoms with Gasteiger partial charge in [-0.15, -0.1) is 0 Å². The van der Waals surface area contributed by atoms with Gasteiger partial charge in [-0.2, -0.15) is 0 Å². The number of halogens is 2. The number of pyridine rings is 1. The highest BCUT2D eigenvalue weighted by atomic mass is 127. The van der Waals surface area contributed by atoms with Gasteiger partial charge < -0.3 is 0 Å². The summed E-state index contributed by atoms with van der Waals surface area (Å²) >= 11 is 8.45. The molecule has 0 aliphatic carbocycles. The quantitative estimate of drug-likeness (QED) is 0.454. The first-order chi connectivity index (χ1) is 10.1. The van der Waals surface area contributed by atoms with E-state index in [4.69, 9.17) is 11.6 Å². The molecule has 3 rings (SSSR count). The van der Waals surface area contributed by atoms with Crippen LogP contribution in [0.25, 0.3) is 22.6 Å². The normalized spacial score (nSPS) is 10.6. The summed E-state index contributed by atoms with van der Waals surface area (Å²) in [5.41, 5.74) is 3.68. The third-order valence-electron chi connectivity index (χ3n) is 3.03. The summed E-state index contributed by atoms with van der Waals surface area (Å²) in [6.07, 6.45) is 1.77. The predicted octanol–water partition coefficient (Wildman–Crippen LogP) is 4.77. The minimum Gasteiger partial charge on any atom is -0.261 e. The molecule has 0 fully saturated rings. The number of benzene rings is 1. The van der Waals surface area contributed by atoms with Crippen LogP contribution in [0, 0.1) is 10.5 Å². The van der Waals surface area contributed by atoms with E-state index in [1.54, 1.807) is 6.20 Å². The lowest BCUT2D eigenvalue weighted by Crippen LogP contribution is -1.97. The Morgan fingerprint density at radius 2 is 1.71 bits per heavy atom. The maximum Gasteiger partial charge on any atom is 0.163 e. The van der Waals surface area contributed by atoms with Crippen molar-refractivity contribution in [2.75, 3.05) is 0 Å². The van der Waals surface area contributed by atoms with Crippen LogP contribution in [0.3, 0.4) is 0 Å². The van der Waals surface area contributed by atoms with Crippen molar-refractivity contribution in [2.45, 2.75) is 6.92 Å². The monoisotopic (exact) mass is 407 g/mol. The van der Waals surface area contributed by atoms with Crippen LogP contribution >= 0.6 is 34.2 Å². The van der Waals surface area contributed by atoms with Gasteiger partial charge in [0.15, 0.2) is 5.82 Å². The molecule has 0 radical (unpaired) electrons. The second-order valence-electron chi connectivity index (χ2n) is 4.55. The maximum absolute atomic E-state index is 6.27. The number of nitrogens with zero attached hydrogens (tertiary/aromatic N) is 3. The molecule has 0 saturated carbocycles. The molecule has 0 atom stereocenters. The van der Waals surface area contributed by atoms with Crippen molar-refractivity contribution >= 4 is 34.2 Å². The Balaban J connectivity index is 2.16. The van der Waals surface area contributed by atoms with Gasteiger partial charge >= 0.3 is 0 Å². The van der Waals surface area contributed by atoms with E-state index < -0.39 is 0 Å². The zero-order chi connectivity index (χ0) is 14.8.